The molecule has 0 aliphatic rings. The summed E-state index contributed by atoms with van der Waals surface area (Å²) in [6.45, 7) is 2.11. The first kappa shape index (κ1) is 13.8. The lowest BCUT2D eigenvalue weighted by molar-refractivity contribution is 0.699. The molecule has 2 rings (SSSR count). The van der Waals surface area contributed by atoms with E-state index in [1.807, 2.05) is 6.07 Å². The van der Waals surface area contributed by atoms with E-state index in [1.54, 1.807) is 0 Å². The fourth-order valence-corrected chi connectivity index (χ4v) is 1.79. The molecule has 0 saturated heterocycles. The maximum absolute atomic E-state index is 5.98. The van der Waals surface area contributed by atoms with Crippen molar-refractivity contribution in [1.82, 2.24) is 0 Å². The third-order valence-electron chi connectivity index (χ3n) is 2.89. The summed E-state index contributed by atoms with van der Waals surface area (Å²) >= 11 is 0. The van der Waals surface area contributed by atoms with Gasteiger partial charge in [0.25, 0.3) is 0 Å². The van der Waals surface area contributed by atoms with Crippen molar-refractivity contribution < 1.29 is 0 Å². The van der Waals surface area contributed by atoms with E-state index in [1.165, 1.54) is 16.7 Å². The molecule has 0 bridgehead atoms. The van der Waals surface area contributed by atoms with Gasteiger partial charge in [0.1, 0.15) is 0 Å². The number of halogens is 1. The molecule has 0 heterocycles. The Balaban J connectivity index is 0.00000144. The molecule has 2 aromatic carbocycles. The standard InChI is InChI=1S/C15H17N.ClH/c1-2-15(16)14-10-8-13(9-11-14)12-6-4-3-5-7-12;/h3-11,15H,2,16H2,1H3;1H/t15-;/m1./s1. The van der Waals surface area contributed by atoms with Gasteiger partial charge in [-0.25, -0.2) is 0 Å². The number of nitrogens with two attached hydrogens (primary N) is 1. The quantitative estimate of drug-likeness (QED) is 0.865. The van der Waals surface area contributed by atoms with Crippen molar-refractivity contribution in [2.24, 2.45) is 5.73 Å². The van der Waals surface area contributed by atoms with E-state index in [2.05, 4.69) is 55.5 Å². The Hall–Kier alpha value is -1.31. The van der Waals surface area contributed by atoms with Gasteiger partial charge in [-0.15, -0.1) is 12.4 Å². The van der Waals surface area contributed by atoms with E-state index in [0.29, 0.717) is 0 Å². The van der Waals surface area contributed by atoms with Crippen LogP contribution in [-0.2, 0) is 0 Å². The van der Waals surface area contributed by atoms with Crippen molar-refractivity contribution in [3.05, 3.63) is 60.2 Å². The zero-order valence-corrected chi connectivity index (χ0v) is 10.8. The average molecular weight is 248 g/mol. The van der Waals surface area contributed by atoms with Crippen molar-refractivity contribution >= 4 is 12.4 Å². The molecule has 2 N–H and O–H groups in total. The molecule has 0 aromatic heterocycles. The van der Waals surface area contributed by atoms with Crippen molar-refractivity contribution in [1.29, 1.82) is 0 Å². The SMILES string of the molecule is CC[C@@H](N)c1ccc(-c2ccccc2)cc1.Cl. The summed E-state index contributed by atoms with van der Waals surface area (Å²) in [5.41, 5.74) is 9.69. The Labute approximate surface area is 109 Å². The lowest BCUT2D eigenvalue weighted by Crippen LogP contribution is -2.07. The molecule has 1 nitrogen and oxygen atoms in total. The van der Waals surface area contributed by atoms with Gasteiger partial charge in [0.05, 0.1) is 0 Å². The second-order valence-electron chi connectivity index (χ2n) is 4.00. The third-order valence-corrected chi connectivity index (χ3v) is 2.89. The lowest BCUT2D eigenvalue weighted by atomic mass is 10.0. The van der Waals surface area contributed by atoms with Crippen LogP contribution in [0.15, 0.2) is 54.6 Å². The van der Waals surface area contributed by atoms with Crippen LogP contribution in [0.2, 0.25) is 0 Å². The van der Waals surface area contributed by atoms with Crippen molar-refractivity contribution in [3.8, 4) is 11.1 Å². The summed E-state index contributed by atoms with van der Waals surface area (Å²) in [5.74, 6) is 0. The van der Waals surface area contributed by atoms with Gasteiger partial charge in [-0.2, -0.15) is 0 Å². The normalized spacial score (nSPS) is 11.6. The van der Waals surface area contributed by atoms with Crippen LogP contribution in [0.25, 0.3) is 11.1 Å². The maximum Gasteiger partial charge on any atom is 0.0292 e. The molecule has 0 amide bonds. The molecule has 2 aromatic rings. The highest BCUT2D eigenvalue weighted by Gasteiger charge is 2.03. The predicted molar refractivity (Wildman–Crippen MR) is 76.3 cm³/mol. The van der Waals surface area contributed by atoms with Crippen molar-refractivity contribution in [3.63, 3.8) is 0 Å². The molecule has 90 valence electrons. The lowest BCUT2D eigenvalue weighted by Gasteiger charge is -2.09. The zero-order chi connectivity index (χ0) is 11.4. The molecule has 1 atom stereocenters. The summed E-state index contributed by atoms with van der Waals surface area (Å²) < 4.78 is 0. The topological polar surface area (TPSA) is 26.0 Å². The molecule has 0 spiro atoms. The highest BCUT2D eigenvalue weighted by molar-refractivity contribution is 5.85. The second kappa shape index (κ2) is 6.43. The number of hydrogen-bond donors (Lipinski definition) is 1. The van der Waals surface area contributed by atoms with E-state index < -0.39 is 0 Å². The van der Waals surface area contributed by atoms with Crippen LogP contribution in [0.3, 0.4) is 0 Å². The maximum atomic E-state index is 5.98. The number of benzene rings is 2. The third kappa shape index (κ3) is 3.32. The second-order valence-corrected chi connectivity index (χ2v) is 4.00. The van der Waals surface area contributed by atoms with Crippen LogP contribution >= 0.6 is 12.4 Å². The molecular weight excluding hydrogens is 230 g/mol. The van der Waals surface area contributed by atoms with Gasteiger partial charge < -0.3 is 5.73 Å². The van der Waals surface area contributed by atoms with E-state index in [-0.39, 0.29) is 18.4 Å². The summed E-state index contributed by atoms with van der Waals surface area (Å²) in [6.07, 6.45) is 0.977. The van der Waals surface area contributed by atoms with E-state index in [9.17, 15) is 0 Å². The van der Waals surface area contributed by atoms with Crippen LogP contribution in [-0.4, -0.2) is 0 Å². The fraction of sp³-hybridized carbons (Fsp3) is 0.200. The van der Waals surface area contributed by atoms with Gasteiger partial charge in [0.15, 0.2) is 0 Å². The summed E-state index contributed by atoms with van der Waals surface area (Å²) in [7, 11) is 0. The molecule has 0 aliphatic carbocycles. The monoisotopic (exact) mass is 247 g/mol. The average Bonchev–Trinajstić information content (AvgIpc) is 2.39. The van der Waals surface area contributed by atoms with Crippen molar-refractivity contribution in [2.75, 3.05) is 0 Å². The number of hydrogen-bond acceptors (Lipinski definition) is 1. The minimum atomic E-state index is 0. The summed E-state index contributed by atoms with van der Waals surface area (Å²) in [5, 5.41) is 0. The summed E-state index contributed by atoms with van der Waals surface area (Å²) in [4.78, 5) is 0. The molecule has 0 unspecified atom stereocenters. The molecule has 2 heteroatoms. The molecule has 0 aliphatic heterocycles. The Morgan fingerprint density at radius 3 is 1.94 bits per heavy atom. The van der Waals surface area contributed by atoms with Gasteiger partial charge >= 0.3 is 0 Å². The Bertz CT molecular complexity index is 436. The van der Waals surface area contributed by atoms with E-state index >= 15 is 0 Å². The largest absolute Gasteiger partial charge is 0.324 e. The van der Waals surface area contributed by atoms with E-state index in [0.717, 1.165) is 6.42 Å². The predicted octanol–water partition coefficient (Wildman–Crippen LogP) is 4.19. The minimum Gasteiger partial charge on any atom is -0.324 e. The van der Waals surface area contributed by atoms with Gasteiger partial charge in [-0.1, -0.05) is 61.5 Å². The molecular formula is C15H18ClN. The van der Waals surface area contributed by atoms with Gasteiger partial charge in [-0.3, -0.25) is 0 Å². The van der Waals surface area contributed by atoms with E-state index in [4.69, 9.17) is 5.73 Å². The van der Waals surface area contributed by atoms with Crippen LogP contribution < -0.4 is 5.73 Å². The van der Waals surface area contributed by atoms with Crippen LogP contribution in [0.4, 0.5) is 0 Å². The molecule has 0 radical (unpaired) electrons. The Morgan fingerprint density at radius 2 is 1.41 bits per heavy atom. The minimum absolute atomic E-state index is 0. The first-order valence-corrected chi connectivity index (χ1v) is 5.72. The zero-order valence-electron chi connectivity index (χ0n) is 9.97. The van der Waals surface area contributed by atoms with Gasteiger partial charge in [0, 0.05) is 6.04 Å². The summed E-state index contributed by atoms with van der Waals surface area (Å²) in [6, 6.07) is 19.1. The first-order valence-electron chi connectivity index (χ1n) is 5.72. The smallest absolute Gasteiger partial charge is 0.0292 e. The van der Waals surface area contributed by atoms with Crippen LogP contribution in [0.5, 0.6) is 0 Å². The highest BCUT2D eigenvalue weighted by atomic mass is 35.5. The Kier molecular flexibility index (Phi) is 5.20. The van der Waals surface area contributed by atoms with Crippen molar-refractivity contribution in [2.45, 2.75) is 19.4 Å². The van der Waals surface area contributed by atoms with Gasteiger partial charge in [-0.05, 0) is 23.1 Å². The van der Waals surface area contributed by atoms with Crippen LogP contribution in [0, 0.1) is 0 Å². The Morgan fingerprint density at radius 1 is 0.882 bits per heavy atom. The highest BCUT2D eigenvalue weighted by Crippen LogP contribution is 2.21. The molecule has 17 heavy (non-hydrogen) atoms. The van der Waals surface area contributed by atoms with Gasteiger partial charge in [0.2, 0.25) is 0 Å². The molecule has 0 fully saturated rings. The molecule has 0 saturated carbocycles. The number of rotatable bonds is 3. The van der Waals surface area contributed by atoms with Crippen LogP contribution in [0.1, 0.15) is 24.9 Å². The first-order chi connectivity index (χ1) is 7.81. The fourth-order valence-electron chi connectivity index (χ4n) is 1.79.